The summed E-state index contributed by atoms with van der Waals surface area (Å²) in [5, 5.41) is 0. The Bertz CT molecular complexity index is 405. The quantitative estimate of drug-likeness (QED) is 0.752. The third-order valence-corrected chi connectivity index (χ3v) is 2.43. The van der Waals surface area contributed by atoms with Crippen molar-refractivity contribution < 1.29 is 4.42 Å². The zero-order chi connectivity index (χ0) is 9.26. The van der Waals surface area contributed by atoms with Crippen LogP contribution in [0.1, 0.15) is 5.76 Å². The number of oxazole rings is 1. The number of hydrogen-bond acceptors (Lipinski definition) is 2. The second-order valence-electron chi connectivity index (χ2n) is 2.78. The number of halogens is 1. The van der Waals surface area contributed by atoms with Gasteiger partial charge in [-0.1, -0.05) is 0 Å². The Balaban J connectivity index is 2.41. The summed E-state index contributed by atoms with van der Waals surface area (Å²) in [4.78, 5) is 4.15. The van der Waals surface area contributed by atoms with E-state index in [2.05, 4.69) is 27.6 Å². The highest BCUT2D eigenvalue weighted by Crippen LogP contribution is 2.19. The average Bonchev–Trinajstić information content (AvgIpc) is 2.53. The van der Waals surface area contributed by atoms with Gasteiger partial charge in [0, 0.05) is 9.13 Å². The lowest BCUT2D eigenvalue weighted by Gasteiger charge is -1.94. The van der Waals surface area contributed by atoms with Crippen LogP contribution in [0.2, 0.25) is 0 Å². The second-order valence-corrected chi connectivity index (χ2v) is 4.03. The molecular formula is C10H8INO. The van der Waals surface area contributed by atoms with Gasteiger partial charge in [-0.05, 0) is 53.8 Å². The molecule has 0 fully saturated rings. The van der Waals surface area contributed by atoms with E-state index in [0.717, 1.165) is 11.3 Å². The lowest BCUT2D eigenvalue weighted by molar-refractivity contribution is 0.542. The predicted molar refractivity (Wildman–Crippen MR) is 59.4 cm³/mol. The van der Waals surface area contributed by atoms with Crippen LogP contribution in [0.4, 0.5) is 0 Å². The third kappa shape index (κ3) is 1.91. The molecule has 1 aromatic heterocycles. The van der Waals surface area contributed by atoms with Crippen molar-refractivity contribution in [3.63, 3.8) is 0 Å². The van der Waals surface area contributed by atoms with Crippen LogP contribution >= 0.6 is 22.6 Å². The average molecular weight is 285 g/mol. The minimum atomic E-state index is 0.689. The van der Waals surface area contributed by atoms with Crippen LogP contribution in [0.3, 0.4) is 0 Å². The fourth-order valence-corrected chi connectivity index (χ4v) is 1.44. The van der Waals surface area contributed by atoms with Gasteiger partial charge < -0.3 is 4.42 Å². The molecule has 0 atom stereocenters. The van der Waals surface area contributed by atoms with E-state index in [0.29, 0.717) is 5.89 Å². The highest BCUT2D eigenvalue weighted by Gasteiger charge is 2.02. The number of nitrogens with zero attached hydrogens (tertiary/aromatic N) is 1. The molecule has 0 aliphatic rings. The van der Waals surface area contributed by atoms with E-state index in [-0.39, 0.29) is 0 Å². The Morgan fingerprint density at radius 3 is 2.46 bits per heavy atom. The third-order valence-electron chi connectivity index (χ3n) is 1.71. The van der Waals surface area contributed by atoms with Gasteiger partial charge >= 0.3 is 0 Å². The summed E-state index contributed by atoms with van der Waals surface area (Å²) in [5.41, 5.74) is 1.02. The van der Waals surface area contributed by atoms with Crippen LogP contribution in [0, 0.1) is 10.5 Å². The van der Waals surface area contributed by atoms with E-state index in [9.17, 15) is 0 Å². The van der Waals surface area contributed by atoms with E-state index in [4.69, 9.17) is 4.42 Å². The normalized spacial score (nSPS) is 10.3. The fourth-order valence-electron chi connectivity index (χ4n) is 1.08. The maximum atomic E-state index is 5.40. The Kier molecular flexibility index (Phi) is 2.35. The molecule has 2 nitrogen and oxygen atoms in total. The Labute approximate surface area is 90.1 Å². The Morgan fingerprint density at radius 1 is 1.23 bits per heavy atom. The maximum Gasteiger partial charge on any atom is 0.226 e. The van der Waals surface area contributed by atoms with Crippen LogP contribution in [-0.4, -0.2) is 4.98 Å². The maximum absolute atomic E-state index is 5.40. The van der Waals surface area contributed by atoms with E-state index in [1.807, 2.05) is 31.2 Å². The van der Waals surface area contributed by atoms with E-state index >= 15 is 0 Å². The van der Waals surface area contributed by atoms with Crippen molar-refractivity contribution in [2.45, 2.75) is 6.92 Å². The second kappa shape index (κ2) is 3.49. The molecule has 2 aromatic rings. The molecule has 13 heavy (non-hydrogen) atoms. The van der Waals surface area contributed by atoms with Crippen molar-refractivity contribution in [2.24, 2.45) is 0 Å². The molecule has 1 heterocycles. The number of hydrogen-bond donors (Lipinski definition) is 0. The van der Waals surface area contributed by atoms with Crippen LogP contribution in [0.25, 0.3) is 11.5 Å². The molecule has 1 aromatic carbocycles. The number of aryl methyl sites for hydroxylation is 1. The van der Waals surface area contributed by atoms with Crippen molar-refractivity contribution in [3.8, 4) is 11.5 Å². The highest BCUT2D eigenvalue weighted by molar-refractivity contribution is 14.1. The van der Waals surface area contributed by atoms with Gasteiger partial charge in [0.25, 0.3) is 0 Å². The zero-order valence-electron chi connectivity index (χ0n) is 7.12. The first-order valence-electron chi connectivity index (χ1n) is 3.94. The summed E-state index contributed by atoms with van der Waals surface area (Å²) in [5.74, 6) is 1.53. The molecular weight excluding hydrogens is 277 g/mol. The zero-order valence-corrected chi connectivity index (χ0v) is 9.28. The smallest absolute Gasteiger partial charge is 0.226 e. The molecule has 0 amide bonds. The molecule has 2 rings (SSSR count). The van der Waals surface area contributed by atoms with Crippen molar-refractivity contribution in [3.05, 3.63) is 39.8 Å². The number of rotatable bonds is 1. The van der Waals surface area contributed by atoms with Gasteiger partial charge in [0.1, 0.15) is 5.76 Å². The van der Waals surface area contributed by atoms with Gasteiger partial charge in [0.15, 0.2) is 0 Å². The summed E-state index contributed by atoms with van der Waals surface area (Å²) in [6.45, 7) is 1.89. The summed E-state index contributed by atoms with van der Waals surface area (Å²) in [7, 11) is 0. The Hall–Kier alpha value is -0.840. The monoisotopic (exact) mass is 285 g/mol. The number of benzene rings is 1. The topological polar surface area (TPSA) is 26.0 Å². The van der Waals surface area contributed by atoms with E-state index in [1.54, 1.807) is 6.20 Å². The molecule has 0 bridgehead atoms. The molecule has 0 saturated carbocycles. The molecule has 0 radical (unpaired) electrons. The minimum Gasteiger partial charge on any atom is -0.441 e. The molecule has 0 N–H and O–H groups in total. The molecule has 0 saturated heterocycles. The van der Waals surface area contributed by atoms with Crippen LogP contribution in [-0.2, 0) is 0 Å². The minimum absolute atomic E-state index is 0.689. The highest BCUT2D eigenvalue weighted by atomic mass is 127. The van der Waals surface area contributed by atoms with Gasteiger partial charge in [0.05, 0.1) is 6.20 Å². The molecule has 0 aliphatic carbocycles. The van der Waals surface area contributed by atoms with Crippen molar-refractivity contribution in [1.82, 2.24) is 4.98 Å². The van der Waals surface area contributed by atoms with Crippen LogP contribution < -0.4 is 0 Å². The standard InChI is InChI=1S/C10H8INO/c1-7-6-12-10(13-7)8-2-4-9(11)5-3-8/h2-6H,1H3. The SMILES string of the molecule is Cc1cnc(-c2ccc(I)cc2)o1. The lowest BCUT2D eigenvalue weighted by Crippen LogP contribution is -1.76. The van der Waals surface area contributed by atoms with E-state index in [1.165, 1.54) is 3.57 Å². The summed E-state index contributed by atoms with van der Waals surface area (Å²) >= 11 is 2.27. The van der Waals surface area contributed by atoms with Gasteiger partial charge in [-0.25, -0.2) is 4.98 Å². The van der Waals surface area contributed by atoms with Crippen molar-refractivity contribution in [1.29, 1.82) is 0 Å². The summed E-state index contributed by atoms with van der Waals surface area (Å²) in [6, 6.07) is 8.09. The largest absolute Gasteiger partial charge is 0.441 e. The lowest BCUT2D eigenvalue weighted by atomic mass is 10.2. The van der Waals surface area contributed by atoms with E-state index < -0.39 is 0 Å². The molecule has 0 unspecified atom stereocenters. The van der Waals surface area contributed by atoms with Gasteiger partial charge in [-0.2, -0.15) is 0 Å². The molecule has 3 heteroatoms. The fraction of sp³-hybridized carbons (Fsp3) is 0.100. The van der Waals surface area contributed by atoms with Crippen molar-refractivity contribution >= 4 is 22.6 Å². The summed E-state index contributed by atoms with van der Waals surface area (Å²) in [6.07, 6.45) is 1.73. The van der Waals surface area contributed by atoms with Crippen LogP contribution in [0.15, 0.2) is 34.9 Å². The molecule has 0 aliphatic heterocycles. The molecule has 66 valence electrons. The van der Waals surface area contributed by atoms with Gasteiger partial charge in [-0.15, -0.1) is 0 Å². The molecule has 0 spiro atoms. The Morgan fingerprint density at radius 2 is 1.92 bits per heavy atom. The van der Waals surface area contributed by atoms with Crippen molar-refractivity contribution in [2.75, 3.05) is 0 Å². The number of aromatic nitrogens is 1. The first-order chi connectivity index (χ1) is 6.25. The van der Waals surface area contributed by atoms with Gasteiger partial charge in [-0.3, -0.25) is 0 Å². The first-order valence-corrected chi connectivity index (χ1v) is 5.02. The van der Waals surface area contributed by atoms with Crippen LogP contribution in [0.5, 0.6) is 0 Å². The van der Waals surface area contributed by atoms with Gasteiger partial charge in [0.2, 0.25) is 5.89 Å². The summed E-state index contributed by atoms with van der Waals surface area (Å²) < 4.78 is 6.61. The predicted octanol–water partition coefficient (Wildman–Crippen LogP) is 3.25. The first kappa shape index (κ1) is 8.74.